The minimum Gasteiger partial charge on any atom is -0.297 e. The second-order valence-corrected chi connectivity index (χ2v) is 9.74. The maximum atomic E-state index is 2.79. The van der Waals surface area contributed by atoms with Gasteiger partial charge in [0, 0.05) is 44.2 Å². The van der Waals surface area contributed by atoms with Crippen molar-refractivity contribution in [3.05, 3.63) is 120 Å². The number of benzene rings is 4. The molecule has 2 saturated heterocycles. The van der Waals surface area contributed by atoms with Gasteiger partial charge in [-0.05, 0) is 46.4 Å². The molecule has 0 aliphatic carbocycles. The van der Waals surface area contributed by atoms with E-state index in [1.807, 2.05) is 0 Å². The quantitative estimate of drug-likeness (QED) is 0.284. The fourth-order valence-electron chi connectivity index (χ4n) is 6.15. The van der Waals surface area contributed by atoms with Crippen molar-refractivity contribution in [1.82, 2.24) is 9.80 Å². The Morgan fingerprint density at radius 3 is 1.97 bits per heavy atom. The minimum atomic E-state index is 0. The monoisotopic (exact) mass is 504 g/mol. The standard InChI is InChI=1S/C31H32N2.2ClH/c1-3-10-26(11-4-1)31(27-12-5-2-6-13-27)30-18-17-29-23-33(30)20-19-32(29)22-24-15-16-25-9-7-8-14-28(25)21-24;;/h1-16,21,29-31H,17-20,22-23H2;2*1H/t29-,30+;;/m1../s1. The molecular weight excluding hydrogens is 471 g/mol. The fourth-order valence-corrected chi connectivity index (χ4v) is 6.15. The first kappa shape index (κ1) is 25.7. The molecule has 0 aromatic heterocycles. The molecule has 4 aromatic carbocycles. The van der Waals surface area contributed by atoms with E-state index in [2.05, 4.69) is 113 Å². The SMILES string of the molecule is Cl.Cl.c1ccc(C(c2ccccc2)[C@@H]2CC[C@@H]3CN2CCN3Cc2ccc3ccccc3c2)cc1. The third kappa shape index (κ3) is 5.42. The Bertz CT molecular complexity index is 1170. The summed E-state index contributed by atoms with van der Waals surface area (Å²) in [4.78, 5) is 5.52. The molecule has 0 spiro atoms. The lowest BCUT2D eigenvalue weighted by Gasteiger charge is -2.51. The number of halogens is 2. The molecule has 182 valence electrons. The van der Waals surface area contributed by atoms with Crippen LogP contribution in [0.25, 0.3) is 10.8 Å². The Hall–Kier alpha value is -2.36. The molecule has 2 nitrogen and oxygen atoms in total. The Balaban J connectivity index is 0.00000144. The zero-order chi connectivity index (χ0) is 22.0. The summed E-state index contributed by atoms with van der Waals surface area (Å²) in [7, 11) is 0. The van der Waals surface area contributed by atoms with E-state index in [-0.39, 0.29) is 24.8 Å². The highest BCUT2D eigenvalue weighted by molar-refractivity contribution is 5.85. The lowest BCUT2D eigenvalue weighted by molar-refractivity contribution is -0.00354. The van der Waals surface area contributed by atoms with Gasteiger partial charge < -0.3 is 0 Å². The normalized spacial score (nSPS) is 21.8. The van der Waals surface area contributed by atoms with Gasteiger partial charge in [-0.3, -0.25) is 9.80 Å². The number of piperazine rings is 1. The molecule has 0 radical (unpaired) electrons. The highest BCUT2D eigenvalue weighted by atomic mass is 35.5. The summed E-state index contributed by atoms with van der Waals surface area (Å²) in [6, 6.07) is 39.2. The number of rotatable bonds is 5. The van der Waals surface area contributed by atoms with Gasteiger partial charge >= 0.3 is 0 Å². The van der Waals surface area contributed by atoms with Gasteiger partial charge in [0.05, 0.1) is 0 Å². The van der Waals surface area contributed by atoms with Crippen molar-refractivity contribution >= 4 is 35.6 Å². The highest BCUT2D eigenvalue weighted by Crippen LogP contribution is 2.38. The lowest BCUT2D eigenvalue weighted by Crippen LogP contribution is -2.60. The summed E-state index contributed by atoms with van der Waals surface area (Å²) in [6.07, 6.45) is 2.54. The number of fused-ring (bicyclic) bond motifs is 3. The van der Waals surface area contributed by atoms with Gasteiger partial charge in [-0.25, -0.2) is 0 Å². The number of hydrogen-bond acceptors (Lipinski definition) is 2. The van der Waals surface area contributed by atoms with Gasteiger partial charge in [-0.1, -0.05) is 97.1 Å². The summed E-state index contributed by atoms with van der Waals surface area (Å²) in [6.45, 7) is 4.57. The molecule has 6 rings (SSSR count). The first-order chi connectivity index (χ1) is 16.3. The van der Waals surface area contributed by atoms with Crippen LogP contribution in [0.15, 0.2) is 103 Å². The average molecular weight is 506 g/mol. The molecule has 35 heavy (non-hydrogen) atoms. The molecule has 2 aliphatic heterocycles. The van der Waals surface area contributed by atoms with Crippen LogP contribution in [-0.2, 0) is 6.54 Å². The Labute approximate surface area is 221 Å². The van der Waals surface area contributed by atoms with E-state index in [9.17, 15) is 0 Å². The van der Waals surface area contributed by atoms with Crippen LogP contribution in [0.4, 0.5) is 0 Å². The van der Waals surface area contributed by atoms with Gasteiger partial charge in [-0.2, -0.15) is 0 Å². The third-order valence-corrected chi connectivity index (χ3v) is 7.80. The second-order valence-electron chi connectivity index (χ2n) is 9.74. The van der Waals surface area contributed by atoms with Crippen LogP contribution < -0.4 is 0 Å². The molecule has 4 aromatic rings. The van der Waals surface area contributed by atoms with Crippen molar-refractivity contribution in [1.29, 1.82) is 0 Å². The van der Waals surface area contributed by atoms with E-state index in [0.717, 1.165) is 19.6 Å². The maximum Gasteiger partial charge on any atom is 0.0245 e. The predicted molar refractivity (Wildman–Crippen MR) is 152 cm³/mol. The van der Waals surface area contributed by atoms with Crippen molar-refractivity contribution < 1.29 is 0 Å². The second kappa shape index (κ2) is 11.6. The van der Waals surface area contributed by atoms with Crippen molar-refractivity contribution in [3.63, 3.8) is 0 Å². The summed E-state index contributed by atoms with van der Waals surface area (Å²) in [5, 5.41) is 2.69. The lowest BCUT2D eigenvalue weighted by atomic mass is 9.79. The van der Waals surface area contributed by atoms with E-state index in [0.29, 0.717) is 18.0 Å². The van der Waals surface area contributed by atoms with Crippen LogP contribution in [-0.4, -0.2) is 41.5 Å². The van der Waals surface area contributed by atoms with Crippen LogP contribution in [0.2, 0.25) is 0 Å². The van der Waals surface area contributed by atoms with Crippen molar-refractivity contribution in [3.8, 4) is 0 Å². The number of piperidine rings is 1. The summed E-state index contributed by atoms with van der Waals surface area (Å²) in [5.41, 5.74) is 4.34. The Morgan fingerprint density at radius 2 is 1.29 bits per heavy atom. The average Bonchev–Trinajstić information content (AvgIpc) is 2.88. The molecule has 0 amide bonds. The first-order valence-electron chi connectivity index (χ1n) is 12.4. The smallest absolute Gasteiger partial charge is 0.0245 e. The third-order valence-electron chi connectivity index (χ3n) is 7.80. The molecule has 4 heteroatoms. The van der Waals surface area contributed by atoms with Crippen molar-refractivity contribution in [2.45, 2.75) is 37.4 Å². The van der Waals surface area contributed by atoms with Gasteiger partial charge in [0.1, 0.15) is 0 Å². The topological polar surface area (TPSA) is 6.48 Å². The molecule has 2 heterocycles. The Kier molecular flexibility index (Phi) is 8.51. The van der Waals surface area contributed by atoms with Gasteiger partial charge in [0.15, 0.2) is 0 Å². The molecule has 3 atom stereocenters. The first-order valence-corrected chi connectivity index (χ1v) is 12.4. The van der Waals surface area contributed by atoms with Crippen molar-refractivity contribution in [2.75, 3.05) is 19.6 Å². The van der Waals surface area contributed by atoms with E-state index in [1.165, 1.54) is 46.8 Å². The number of nitrogens with zero attached hydrogens (tertiary/aromatic N) is 2. The molecular formula is C31H34Cl2N2. The zero-order valence-electron chi connectivity index (χ0n) is 20.0. The van der Waals surface area contributed by atoms with Gasteiger partial charge in [0.2, 0.25) is 0 Å². The zero-order valence-corrected chi connectivity index (χ0v) is 21.6. The number of hydrogen-bond donors (Lipinski definition) is 0. The van der Waals surface area contributed by atoms with Gasteiger partial charge in [-0.15, -0.1) is 24.8 Å². The summed E-state index contributed by atoms with van der Waals surface area (Å²) >= 11 is 0. The molecule has 0 saturated carbocycles. The van der Waals surface area contributed by atoms with Crippen molar-refractivity contribution in [2.24, 2.45) is 0 Å². The maximum absolute atomic E-state index is 2.79. The largest absolute Gasteiger partial charge is 0.297 e. The van der Waals surface area contributed by atoms with Crippen LogP contribution >= 0.6 is 24.8 Å². The predicted octanol–water partition coefficient (Wildman–Crippen LogP) is 7.16. The van der Waals surface area contributed by atoms with Crippen LogP contribution in [0.3, 0.4) is 0 Å². The summed E-state index contributed by atoms with van der Waals surface area (Å²) in [5.74, 6) is 0.445. The Morgan fingerprint density at radius 1 is 0.657 bits per heavy atom. The van der Waals surface area contributed by atoms with Crippen LogP contribution in [0.5, 0.6) is 0 Å². The molecule has 2 bridgehead atoms. The minimum absolute atomic E-state index is 0. The molecule has 2 aliphatic rings. The fraction of sp³-hybridized carbons (Fsp3) is 0.290. The van der Waals surface area contributed by atoms with E-state index in [1.54, 1.807) is 0 Å². The van der Waals surface area contributed by atoms with Crippen LogP contribution in [0, 0.1) is 0 Å². The van der Waals surface area contributed by atoms with E-state index >= 15 is 0 Å². The highest BCUT2D eigenvalue weighted by Gasteiger charge is 2.39. The van der Waals surface area contributed by atoms with E-state index in [4.69, 9.17) is 0 Å². The van der Waals surface area contributed by atoms with Crippen LogP contribution in [0.1, 0.15) is 35.4 Å². The molecule has 2 fully saturated rings. The molecule has 0 N–H and O–H groups in total. The summed E-state index contributed by atoms with van der Waals surface area (Å²) < 4.78 is 0. The van der Waals surface area contributed by atoms with Gasteiger partial charge in [0.25, 0.3) is 0 Å². The van der Waals surface area contributed by atoms with E-state index < -0.39 is 0 Å². The molecule has 1 unspecified atom stereocenters.